The monoisotopic (exact) mass is 408 g/mol. The van der Waals surface area contributed by atoms with Crippen LogP contribution in [0.15, 0.2) is 54.6 Å². The van der Waals surface area contributed by atoms with E-state index in [4.69, 9.17) is 0 Å². The van der Waals surface area contributed by atoms with E-state index in [-0.39, 0.29) is 17.9 Å². The third kappa shape index (κ3) is 5.83. The van der Waals surface area contributed by atoms with Gasteiger partial charge in [0, 0.05) is 38.4 Å². The molecule has 160 valence electrons. The van der Waals surface area contributed by atoms with Crippen LogP contribution in [-0.2, 0) is 11.3 Å². The van der Waals surface area contributed by atoms with Gasteiger partial charge in [-0.05, 0) is 36.1 Å². The van der Waals surface area contributed by atoms with Crippen LogP contribution in [0.1, 0.15) is 25.0 Å². The summed E-state index contributed by atoms with van der Waals surface area (Å²) in [5, 5.41) is 5.66. The summed E-state index contributed by atoms with van der Waals surface area (Å²) in [6.45, 7) is 9.97. The molecule has 3 amide bonds. The van der Waals surface area contributed by atoms with Gasteiger partial charge in [0.05, 0.1) is 0 Å². The number of benzene rings is 2. The summed E-state index contributed by atoms with van der Waals surface area (Å²) < 4.78 is 0. The van der Waals surface area contributed by atoms with Crippen molar-refractivity contribution in [1.82, 2.24) is 15.1 Å². The minimum Gasteiger partial charge on any atom is -0.338 e. The second-order valence-electron chi connectivity index (χ2n) is 8.21. The highest BCUT2D eigenvalue weighted by Gasteiger charge is 2.30. The first-order valence-electron chi connectivity index (χ1n) is 10.6. The van der Waals surface area contributed by atoms with E-state index in [0.29, 0.717) is 18.8 Å². The summed E-state index contributed by atoms with van der Waals surface area (Å²) in [5.41, 5.74) is 3.33. The van der Waals surface area contributed by atoms with Crippen molar-refractivity contribution in [3.05, 3.63) is 65.7 Å². The topological polar surface area (TPSA) is 64.7 Å². The molecule has 6 nitrogen and oxygen atoms in total. The molecule has 1 heterocycles. The molecule has 1 atom stereocenters. The van der Waals surface area contributed by atoms with Crippen LogP contribution in [-0.4, -0.2) is 54.0 Å². The summed E-state index contributed by atoms with van der Waals surface area (Å²) in [6.07, 6.45) is 0. The molecule has 0 aromatic heterocycles. The van der Waals surface area contributed by atoms with Gasteiger partial charge in [-0.3, -0.25) is 9.69 Å². The molecule has 3 rings (SSSR count). The zero-order valence-corrected chi connectivity index (χ0v) is 18.1. The van der Waals surface area contributed by atoms with Gasteiger partial charge < -0.3 is 15.5 Å². The molecular formula is C24H32N4O2. The first-order valence-corrected chi connectivity index (χ1v) is 10.6. The number of carbonyl (C=O) groups is 2. The van der Waals surface area contributed by atoms with Crippen LogP contribution in [0.4, 0.5) is 10.5 Å². The molecule has 2 aromatic carbocycles. The zero-order chi connectivity index (χ0) is 21.5. The molecule has 30 heavy (non-hydrogen) atoms. The number of nitrogens with zero attached hydrogens (tertiary/aromatic N) is 2. The van der Waals surface area contributed by atoms with Crippen LogP contribution in [0.25, 0.3) is 0 Å². The van der Waals surface area contributed by atoms with Gasteiger partial charge in [0.25, 0.3) is 0 Å². The molecule has 1 aliphatic rings. The lowest BCUT2D eigenvalue weighted by molar-refractivity contribution is -0.136. The van der Waals surface area contributed by atoms with Crippen molar-refractivity contribution in [3.63, 3.8) is 0 Å². The molecule has 0 aliphatic carbocycles. The molecule has 0 radical (unpaired) electrons. The maximum atomic E-state index is 13.1. The average molecular weight is 409 g/mol. The zero-order valence-electron chi connectivity index (χ0n) is 18.1. The van der Waals surface area contributed by atoms with Gasteiger partial charge in [-0.15, -0.1) is 0 Å². The first kappa shape index (κ1) is 21.8. The molecule has 1 fully saturated rings. The molecule has 0 bridgehead atoms. The number of rotatable bonds is 6. The Kier molecular flexibility index (Phi) is 7.46. The van der Waals surface area contributed by atoms with Crippen LogP contribution in [0.2, 0.25) is 0 Å². The van der Waals surface area contributed by atoms with Crippen LogP contribution < -0.4 is 10.6 Å². The highest BCUT2D eigenvalue weighted by molar-refractivity contribution is 5.93. The Labute approximate surface area is 179 Å². The first-order chi connectivity index (χ1) is 14.4. The van der Waals surface area contributed by atoms with E-state index in [1.807, 2.05) is 49.1 Å². The fourth-order valence-corrected chi connectivity index (χ4v) is 3.69. The van der Waals surface area contributed by atoms with Crippen LogP contribution >= 0.6 is 0 Å². The number of piperazine rings is 1. The highest BCUT2D eigenvalue weighted by Crippen LogP contribution is 2.15. The van der Waals surface area contributed by atoms with E-state index < -0.39 is 6.04 Å². The van der Waals surface area contributed by atoms with Gasteiger partial charge in [-0.1, -0.05) is 56.3 Å². The number of amides is 3. The second kappa shape index (κ2) is 10.3. The Morgan fingerprint density at radius 1 is 0.933 bits per heavy atom. The van der Waals surface area contributed by atoms with Crippen molar-refractivity contribution in [2.45, 2.75) is 33.4 Å². The van der Waals surface area contributed by atoms with Gasteiger partial charge in [0.15, 0.2) is 0 Å². The van der Waals surface area contributed by atoms with Crippen LogP contribution in [0.5, 0.6) is 0 Å². The Bertz CT molecular complexity index is 845. The maximum Gasteiger partial charge on any atom is 0.319 e. The van der Waals surface area contributed by atoms with Gasteiger partial charge >= 0.3 is 6.03 Å². The van der Waals surface area contributed by atoms with Crippen molar-refractivity contribution < 1.29 is 9.59 Å². The Morgan fingerprint density at radius 2 is 1.57 bits per heavy atom. The quantitative estimate of drug-likeness (QED) is 0.769. The van der Waals surface area contributed by atoms with E-state index in [9.17, 15) is 9.59 Å². The summed E-state index contributed by atoms with van der Waals surface area (Å²) in [4.78, 5) is 29.8. The summed E-state index contributed by atoms with van der Waals surface area (Å²) >= 11 is 0. The standard InChI is InChI=1S/C24H32N4O2/c1-18(2)22(26-24(30)25-21-11-5-4-6-12-21)23(29)28-15-13-27(14-16-28)17-20-10-8-7-9-19(20)3/h4-12,18,22H,13-17H2,1-3H3,(H2,25,26,30)/t22-/m1/s1. The lowest BCUT2D eigenvalue weighted by atomic mass is 10.0. The van der Waals surface area contributed by atoms with Crippen molar-refractivity contribution in [2.24, 2.45) is 5.92 Å². The molecule has 2 aromatic rings. The number of hydrogen-bond donors (Lipinski definition) is 2. The normalized spacial score (nSPS) is 15.7. The number of carbonyl (C=O) groups excluding carboxylic acids is 2. The van der Waals surface area contributed by atoms with E-state index in [1.165, 1.54) is 11.1 Å². The van der Waals surface area contributed by atoms with E-state index >= 15 is 0 Å². The minimum atomic E-state index is -0.545. The second-order valence-corrected chi connectivity index (χ2v) is 8.21. The third-order valence-corrected chi connectivity index (χ3v) is 5.59. The summed E-state index contributed by atoms with van der Waals surface area (Å²) in [7, 11) is 0. The molecule has 1 aliphatic heterocycles. The minimum absolute atomic E-state index is 0.00372. The van der Waals surface area contributed by atoms with E-state index in [2.05, 4.69) is 46.7 Å². The van der Waals surface area contributed by atoms with E-state index in [0.717, 1.165) is 19.6 Å². The van der Waals surface area contributed by atoms with E-state index in [1.54, 1.807) is 0 Å². The number of hydrogen-bond acceptors (Lipinski definition) is 3. The Morgan fingerprint density at radius 3 is 2.20 bits per heavy atom. The fourth-order valence-electron chi connectivity index (χ4n) is 3.69. The van der Waals surface area contributed by atoms with Crippen molar-refractivity contribution in [2.75, 3.05) is 31.5 Å². The van der Waals surface area contributed by atoms with Crippen molar-refractivity contribution in [1.29, 1.82) is 0 Å². The molecule has 1 saturated heterocycles. The molecule has 0 spiro atoms. The number of urea groups is 1. The number of para-hydroxylation sites is 1. The van der Waals surface area contributed by atoms with Gasteiger partial charge in [0.2, 0.25) is 5.91 Å². The Balaban J connectivity index is 1.53. The number of aryl methyl sites for hydroxylation is 1. The van der Waals surface area contributed by atoms with Crippen molar-refractivity contribution >= 4 is 17.6 Å². The van der Waals surface area contributed by atoms with Gasteiger partial charge in [0.1, 0.15) is 6.04 Å². The molecule has 2 N–H and O–H groups in total. The lowest BCUT2D eigenvalue weighted by Crippen LogP contribution is -2.56. The Hall–Kier alpha value is -2.86. The summed E-state index contributed by atoms with van der Waals surface area (Å²) in [6, 6.07) is 16.8. The smallest absolute Gasteiger partial charge is 0.319 e. The molecular weight excluding hydrogens is 376 g/mol. The SMILES string of the molecule is Cc1ccccc1CN1CCN(C(=O)[C@H](NC(=O)Nc2ccccc2)C(C)C)CC1. The van der Waals surface area contributed by atoms with Crippen LogP contribution in [0, 0.1) is 12.8 Å². The molecule has 6 heteroatoms. The van der Waals surface area contributed by atoms with Crippen molar-refractivity contribution in [3.8, 4) is 0 Å². The fraction of sp³-hybridized carbons (Fsp3) is 0.417. The predicted molar refractivity (Wildman–Crippen MR) is 120 cm³/mol. The third-order valence-electron chi connectivity index (χ3n) is 5.59. The number of nitrogens with one attached hydrogen (secondary N) is 2. The lowest BCUT2D eigenvalue weighted by Gasteiger charge is -2.37. The van der Waals surface area contributed by atoms with Crippen LogP contribution in [0.3, 0.4) is 0 Å². The number of anilines is 1. The highest BCUT2D eigenvalue weighted by atomic mass is 16.2. The predicted octanol–water partition coefficient (Wildman–Crippen LogP) is 3.49. The van der Waals surface area contributed by atoms with Gasteiger partial charge in [-0.25, -0.2) is 4.79 Å². The largest absolute Gasteiger partial charge is 0.338 e. The average Bonchev–Trinajstić information content (AvgIpc) is 2.74. The summed E-state index contributed by atoms with van der Waals surface area (Å²) in [5.74, 6) is -0.00669. The molecule has 0 unspecified atom stereocenters. The van der Waals surface area contributed by atoms with Gasteiger partial charge in [-0.2, -0.15) is 0 Å². The maximum absolute atomic E-state index is 13.1. The molecule has 0 saturated carbocycles.